The van der Waals surface area contributed by atoms with Crippen LogP contribution in [0.4, 0.5) is 10.1 Å². The van der Waals surface area contributed by atoms with Crippen LogP contribution in [0.1, 0.15) is 31.1 Å². The molecule has 1 nitrogen and oxygen atoms in total. The van der Waals surface area contributed by atoms with Crippen LogP contribution in [-0.4, -0.2) is 5.16 Å². The number of isothiocyanates is 1. The maximum Gasteiger partial charge on any atom is 0.204 e. The second-order valence-corrected chi connectivity index (χ2v) is 4.48. The molecule has 1 rings (SSSR count). The number of thiocarbonyl (C=S) groups is 1. The van der Waals surface area contributed by atoms with Gasteiger partial charge in [-0.05, 0) is 24.6 Å². The molecular formula is C9H9ClFNS2. The van der Waals surface area contributed by atoms with Gasteiger partial charge in [-0.25, -0.2) is 0 Å². The smallest absolute Gasteiger partial charge is 0.193 e. The Bertz CT molecular complexity index is 382. The van der Waals surface area contributed by atoms with Crippen molar-refractivity contribution in [3.8, 4) is 0 Å². The van der Waals surface area contributed by atoms with Crippen LogP contribution in [0.15, 0.2) is 4.99 Å². The van der Waals surface area contributed by atoms with Crippen LogP contribution in [-0.2, 0) is 0 Å². The summed E-state index contributed by atoms with van der Waals surface area (Å²) in [5, 5.41) is 2.11. The highest BCUT2D eigenvalue weighted by atomic mass is 35.5. The minimum absolute atomic E-state index is 0.127. The van der Waals surface area contributed by atoms with Gasteiger partial charge in [0.25, 0.3) is 0 Å². The van der Waals surface area contributed by atoms with Gasteiger partial charge in [-0.3, -0.25) is 0 Å². The number of hydrogen-bond donors (Lipinski definition) is 0. The quantitative estimate of drug-likeness (QED) is 0.554. The molecule has 0 aliphatic heterocycles. The van der Waals surface area contributed by atoms with E-state index in [9.17, 15) is 4.39 Å². The third-order valence-electron chi connectivity index (χ3n) is 2.03. The molecule has 76 valence electrons. The number of thiophene rings is 1. The first kappa shape index (κ1) is 11.8. The van der Waals surface area contributed by atoms with Gasteiger partial charge in [0.15, 0.2) is 0 Å². The molecule has 0 saturated carbocycles. The highest BCUT2D eigenvalue weighted by molar-refractivity contribution is 7.78. The van der Waals surface area contributed by atoms with E-state index in [4.69, 9.17) is 11.6 Å². The summed E-state index contributed by atoms with van der Waals surface area (Å²) in [5.74, 6) is 0.246. The van der Waals surface area contributed by atoms with Crippen LogP contribution < -0.4 is 0 Å². The van der Waals surface area contributed by atoms with Gasteiger partial charge in [-0.2, -0.15) is 9.38 Å². The van der Waals surface area contributed by atoms with Crippen molar-refractivity contribution in [3.63, 3.8) is 0 Å². The highest BCUT2D eigenvalue weighted by Gasteiger charge is 2.19. The zero-order chi connectivity index (χ0) is 10.7. The molecule has 0 bridgehead atoms. The molecule has 1 heterocycles. The van der Waals surface area contributed by atoms with Gasteiger partial charge in [0, 0.05) is 4.88 Å². The molecule has 0 amide bonds. The van der Waals surface area contributed by atoms with E-state index in [0.717, 1.165) is 22.6 Å². The largest absolute Gasteiger partial charge is 0.204 e. The third kappa shape index (κ3) is 2.20. The molecule has 0 aromatic carbocycles. The van der Waals surface area contributed by atoms with E-state index >= 15 is 0 Å². The molecule has 1 unspecified atom stereocenters. The highest BCUT2D eigenvalue weighted by Crippen LogP contribution is 2.42. The number of rotatable bonds is 3. The molecule has 0 fully saturated rings. The Hall–Kier alpha value is -0.280. The summed E-state index contributed by atoms with van der Waals surface area (Å²) in [6.45, 7) is 4.03. The van der Waals surface area contributed by atoms with Crippen LogP contribution >= 0.6 is 35.2 Å². The number of halogens is 2. The molecule has 0 aliphatic rings. The molecule has 0 saturated heterocycles. The first-order valence-corrected chi connectivity index (χ1v) is 5.77. The normalized spacial score (nSPS) is 12.3. The molecule has 1 atom stereocenters. The van der Waals surface area contributed by atoms with Crippen LogP contribution in [0, 0.1) is 5.13 Å². The Morgan fingerprint density at radius 1 is 1.71 bits per heavy atom. The maximum atomic E-state index is 13.3. The van der Waals surface area contributed by atoms with Crippen molar-refractivity contribution in [2.75, 3.05) is 0 Å². The minimum Gasteiger partial charge on any atom is -0.193 e. The Kier molecular flexibility index (Phi) is 4.20. The van der Waals surface area contributed by atoms with Gasteiger partial charge in [0.1, 0.15) is 5.69 Å². The van der Waals surface area contributed by atoms with Crippen molar-refractivity contribution in [2.45, 2.75) is 26.2 Å². The Labute approximate surface area is 96.6 Å². The van der Waals surface area contributed by atoms with Gasteiger partial charge >= 0.3 is 0 Å². The van der Waals surface area contributed by atoms with Crippen molar-refractivity contribution in [3.05, 3.63) is 15.0 Å². The standard InChI is InChI=1S/C9H9ClFNS2/c1-3-5(2)8-6(10)7(12-4-13)9(11)14-8/h5H,3H2,1-2H3. The second kappa shape index (κ2) is 4.99. The molecule has 0 radical (unpaired) electrons. The van der Waals surface area contributed by atoms with Gasteiger partial charge in [-0.15, -0.1) is 11.3 Å². The van der Waals surface area contributed by atoms with Crippen molar-refractivity contribution in [1.82, 2.24) is 0 Å². The van der Waals surface area contributed by atoms with Crippen molar-refractivity contribution in [1.29, 1.82) is 0 Å². The Morgan fingerprint density at radius 3 is 2.86 bits per heavy atom. The van der Waals surface area contributed by atoms with E-state index in [1.54, 1.807) is 0 Å². The third-order valence-corrected chi connectivity index (χ3v) is 3.81. The lowest BCUT2D eigenvalue weighted by atomic mass is 10.1. The van der Waals surface area contributed by atoms with Crippen LogP contribution in [0.5, 0.6) is 0 Å². The molecule has 14 heavy (non-hydrogen) atoms. The fourth-order valence-corrected chi connectivity index (χ4v) is 2.60. The SMILES string of the molecule is CCC(C)c1sc(F)c(N=C=S)c1Cl. The molecule has 5 heteroatoms. The summed E-state index contributed by atoms with van der Waals surface area (Å²) in [5.41, 5.74) is 0.127. The Balaban J connectivity index is 3.22. The summed E-state index contributed by atoms with van der Waals surface area (Å²) in [4.78, 5) is 4.44. The molecule has 1 aromatic rings. The van der Waals surface area contributed by atoms with Crippen LogP contribution in [0.2, 0.25) is 5.02 Å². The summed E-state index contributed by atoms with van der Waals surface area (Å²) in [7, 11) is 0. The molecule has 0 N–H and O–H groups in total. The predicted molar refractivity (Wildman–Crippen MR) is 62.7 cm³/mol. The van der Waals surface area contributed by atoms with Gasteiger partial charge in [0.2, 0.25) is 5.13 Å². The van der Waals surface area contributed by atoms with E-state index in [0.29, 0.717) is 5.02 Å². The molecule has 0 spiro atoms. The van der Waals surface area contributed by atoms with Crippen molar-refractivity contribution < 1.29 is 4.39 Å². The van der Waals surface area contributed by atoms with Crippen LogP contribution in [0.25, 0.3) is 0 Å². The molecular weight excluding hydrogens is 241 g/mol. The van der Waals surface area contributed by atoms with Gasteiger partial charge < -0.3 is 0 Å². The zero-order valence-corrected chi connectivity index (χ0v) is 10.2. The average Bonchev–Trinajstić information content (AvgIpc) is 2.45. The summed E-state index contributed by atoms with van der Waals surface area (Å²) < 4.78 is 13.3. The lowest BCUT2D eigenvalue weighted by Crippen LogP contribution is -1.86. The Morgan fingerprint density at radius 2 is 2.36 bits per heavy atom. The number of hydrogen-bond acceptors (Lipinski definition) is 3. The van der Waals surface area contributed by atoms with E-state index < -0.39 is 0 Å². The summed E-state index contributed by atoms with van der Waals surface area (Å²) in [6.07, 6.45) is 0.917. The molecule has 1 aromatic heterocycles. The summed E-state index contributed by atoms with van der Waals surface area (Å²) >= 11 is 11.4. The minimum atomic E-state index is -0.386. The monoisotopic (exact) mass is 249 g/mol. The van der Waals surface area contributed by atoms with Crippen molar-refractivity contribution in [2.24, 2.45) is 4.99 Å². The average molecular weight is 250 g/mol. The van der Waals surface area contributed by atoms with E-state index in [1.165, 1.54) is 0 Å². The fourth-order valence-electron chi connectivity index (χ4n) is 1.03. The lowest BCUT2D eigenvalue weighted by Gasteiger charge is -2.04. The predicted octanol–water partition coefficient (Wildman–Crippen LogP) is 4.79. The van der Waals surface area contributed by atoms with E-state index in [1.807, 2.05) is 13.8 Å². The number of nitrogens with zero attached hydrogens (tertiary/aromatic N) is 1. The second-order valence-electron chi connectivity index (χ2n) is 2.91. The van der Waals surface area contributed by atoms with E-state index in [2.05, 4.69) is 22.4 Å². The fraction of sp³-hybridized carbons (Fsp3) is 0.444. The summed E-state index contributed by atoms with van der Waals surface area (Å²) in [6, 6.07) is 0. The van der Waals surface area contributed by atoms with Gasteiger partial charge in [-0.1, -0.05) is 25.4 Å². The van der Waals surface area contributed by atoms with E-state index in [-0.39, 0.29) is 16.7 Å². The van der Waals surface area contributed by atoms with Crippen LogP contribution in [0.3, 0.4) is 0 Å². The maximum absolute atomic E-state index is 13.3. The first-order valence-electron chi connectivity index (χ1n) is 4.17. The lowest BCUT2D eigenvalue weighted by molar-refractivity contribution is 0.659. The topological polar surface area (TPSA) is 12.4 Å². The molecule has 0 aliphatic carbocycles. The zero-order valence-electron chi connectivity index (χ0n) is 7.80. The first-order chi connectivity index (χ1) is 6.61. The number of aliphatic imine (C=N–C) groups is 1. The van der Waals surface area contributed by atoms with Gasteiger partial charge in [0.05, 0.1) is 10.2 Å². The van der Waals surface area contributed by atoms with Crippen molar-refractivity contribution >= 4 is 46.0 Å².